The van der Waals surface area contributed by atoms with Crippen LogP contribution < -0.4 is 10.6 Å². The molecule has 2 unspecified atom stereocenters. The maximum absolute atomic E-state index is 3.60. The quantitative estimate of drug-likeness (QED) is 0.656. The Kier molecular flexibility index (Phi) is 4.45. The highest BCUT2D eigenvalue weighted by Gasteiger charge is 2.20. The third-order valence-corrected chi connectivity index (χ3v) is 3.81. The third-order valence-electron chi connectivity index (χ3n) is 3.81. The topological polar surface area (TPSA) is 24.1 Å². The smallest absolute Gasteiger partial charge is 0.0195 e. The molecule has 0 bridgehead atoms. The van der Waals surface area contributed by atoms with Gasteiger partial charge >= 0.3 is 0 Å². The lowest BCUT2D eigenvalue weighted by atomic mass is 9.94. The minimum Gasteiger partial charge on any atom is -0.315 e. The minimum absolute atomic E-state index is 0.731. The van der Waals surface area contributed by atoms with Crippen molar-refractivity contribution < 1.29 is 0 Å². The second-order valence-corrected chi connectivity index (χ2v) is 5.57. The fourth-order valence-electron chi connectivity index (χ4n) is 2.57. The van der Waals surface area contributed by atoms with Gasteiger partial charge in [0.1, 0.15) is 0 Å². The summed E-state index contributed by atoms with van der Waals surface area (Å²) in [7, 11) is 0. The first-order chi connectivity index (χ1) is 7.34. The number of nitrogens with one attached hydrogen (secondary N) is 2. The number of rotatable bonds is 6. The molecule has 0 spiro atoms. The third kappa shape index (κ3) is 4.52. The van der Waals surface area contributed by atoms with Crippen molar-refractivity contribution in [3.05, 3.63) is 0 Å². The van der Waals surface area contributed by atoms with E-state index in [9.17, 15) is 0 Å². The van der Waals surface area contributed by atoms with Crippen LogP contribution in [0.2, 0.25) is 0 Å². The van der Waals surface area contributed by atoms with Crippen LogP contribution in [0.15, 0.2) is 0 Å². The van der Waals surface area contributed by atoms with Gasteiger partial charge in [-0.25, -0.2) is 0 Å². The predicted molar refractivity (Wildman–Crippen MR) is 65.0 cm³/mol. The molecule has 2 fully saturated rings. The summed E-state index contributed by atoms with van der Waals surface area (Å²) >= 11 is 0. The molecule has 2 heteroatoms. The van der Waals surface area contributed by atoms with E-state index in [-0.39, 0.29) is 0 Å². The molecule has 15 heavy (non-hydrogen) atoms. The summed E-state index contributed by atoms with van der Waals surface area (Å²) in [6.45, 7) is 5.99. The molecule has 0 aromatic rings. The Hall–Kier alpha value is -0.0800. The van der Waals surface area contributed by atoms with Crippen LogP contribution in [-0.4, -0.2) is 25.7 Å². The average molecular weight is 210 g/mol. The molecule has 1 aliphatic carbocycles. The Morgan fingerprint density at radius 1 is 1.27 bits per heavy atom. The molecule has 2 aliphatic rings. The monoisotopic (exact) mass is 210 g/mol. The summed E-state index contributed by atoms with van der Waals surface area (Å²) in [5.41, 5.74) is 0. The van der Waals surface area contributed by atoms with E-state index in [1.165, 1.54) is 58.2 Å². The van der Waals surface area contributed by atoms with E-state index in [2.05, 4.69) is 17.6 Å². The normalized spacial score (nSPS) is 31.8. The van der Waals surface area contributed by atoms with E-state index in [0.29, 0.717) is 0 Å². The second kappa shape index (κ2) is 5.86. The molecule has 0 radical (unpaired) electrons. The van der Waals surface area contributed by atoms with Crippen molar-refractivity contribution >= 4 is 0 Å². The fourth-order valence-corrected chi connectivity index (χ4v) is 2.57. The summed E-state index contributed by atoms with van der Waals surface area (Å²) in [5.74, 6) is 2.02. The minimum atomic E-state index is 0.731. The van der Waals surface area contributed by atoms with E-state index in [1.807, 2.05) is 0 Å². The van der Waals surface area contributed by atoms with Crippen LogP contribution in [0.4, 0.5) is 0 Å². The van der Waals surface area contributed by atoms with E-state index >= 15 is 0 Å². The van der Waals surface area contributed by atoms with E-state index in [0.717, 1.165) is 17.9 Å². The summed E-state index contributed by atoms with van der Waals surface area (Å²) in [6.07, 6.45) is 8.56. The first-order valence-corrected chi connectivity index (χ1v) is 6.78. The first-order valence-electron chi connectivity index (χ1n) is 6.78. The molecule has 1 heterocycles. The Labute approximate surface area is 94.2 Å². The summed E-state index contributed by atoms with van der Waals surface area (Å²) < 4.78 is 0. The summed E-state index contributed by atoms with van der Waals surface area (Å²) in [6, 6.07) is 0.731. The molecule has 1 saturated heterocycles. The van der Waals surface area contributed by atoms with E-state index in [1.54, 1.807) is 0 Å². The highest BCUT2D eigenvalue weighted by molar-refractivity contribution is 4.78. The largest absolute Gasteiger partial charge is 0.315 e. The zero-order valence-electron chi connectivity index (χ0n) is 10.1. The Morgan fingerprint density at radius 2 is 2.13 bits per heavy atom. The SMILES string of the molecule is CC1CCNC(CNCCCC2CC2)C1. The maximum atomic E-state index is 3.60. The van der Waals surface area contributed by atoms with Crippen LogP contribution in [0, 0.1) is 11.8 Å². The lowest BCUT2D eigenvalue weighted by Gasteiger charge is -2.28. The van der Waals surface area contributed by atoms with Gasteiger partial charge in [-0.2, -0.15) is 0 Å². The van der Waals surface area contributed by atoms with Crippen molar-refractivity contribution in [2.75, 3.05) is 19.6 Å². The molecule has 2 atom stereocenters. The van der Waals surface area contributed by atoms with Gasteiger partial charge in [0.2, 0.25) is 0 Å². The molecule has 88 valence electrons. The predicted octanol–water partition coefficient (Wildman–Crippen LogP) is 2.15. The number of hydrogen-bond donors (Lipinski definition) is 2. The maximum Gasteiger partial charge on any atom is 0.0195 e. The highest BCUT2D eigenvalue weighted by Crippen LogP contribution is 2.33. The second-order valence-electron chi connectivity index (χ2n) is 5.57. The average Bonchev–Trinajstić information content (AvgIpc) is 3.01. The Morgan fingerprint density at radius 3 is 2.87 bits per heavy atom. The van der Waals surface area contributed by atoms with Gasteiger partial charge in [-0.15, -0.1) is 0 Å². The zero-order chi connectivity index (χ0) is 10.5. The summed E-state index contributed by atoms with van der Waals surface area (Å²) in [4.78, 5) is 0. The molecule has 0 aromatic heterocycles. The van der Waals surface area contributed by atoms with Crippen LogP contribution in [0.1, 0.15) is 45.4 Å². The van der Waals surface area contributed by atoms with Gasteiger partial charge in [0.15, 0.2) is 0 Å². The molecular formula is C13H26N2. The molecule has 2 nitrogen and oxygen atoms in total. The van der Waals surface area contributed by atoms with Crippen LogP contribution >= 0.6 is 0 Å². The van der Waals surface area contributed by atoms with E-state index in [4.69, 9.17) is 0 Å². The lowest BCUT2D eigenvalue weighted by Crippen LogP contribution is -2.44. The molecule has 1 saturated carbocycles. The Bertz CT molecular complexity index is 177. The van der Waals surface area contributed by atoms with Gasteiger partial charge in [0.05, 0.1) is 0 Å². The van der Waals surface area contributed by atoms with Crippen molar-refractivity contribution in [1.82, 2.24) is 10.6 Å². The van der Waals surface area contributed by atoms with Crippen LogP contribution in [-0.2, 0) is 0 Å². The van der Waals surface area contributed by atoms with Crippen molar-refractivity contribution in [2.24, 2.45) is 11.8 Å². The molecule has 1 aliphatic heterocycles. The van der Waals surface area contributed by atoms with Gasteiger partial charge in [-0.1, -0.05) is 19.8 Å². The van der Waals surface area contributed by atoms with Crippen molar-refractivity contribution in [3.63, 3.8) is 0 Å². The van der Waals surface area contributed by atoms with E-state index < -0.39 is 0 Å². The van der Waals surface area contributed by atoms with Crippen LogP contribution in [0.3, 0.4) is 0 Å². The molecule has 2 rings (SSSR count). The van der Waals surface area contributed by atoms with Crippen LogP contribution in [0.5, 0.6) is 0 Å². The first kappa shape index (κ1) is 11.4. The van der Waals surface area contributed by atoms with Gasteiger partial charge in [-0.05, 0) is 50.6 Å². The standard InChI is InChI=1S/C13H26N2/c1-11-6-8-15-13(9-11)10-14-7-2-3-12-4-5-12/h11-15H,2-10H2,1H3. The van der Waals surface area contributed by atoms with Crippen molar-refractivity contribution in [2.45, 2.75) is 51.5 Å². The highest BCUT2D eigenvalue weighted by atomic mass is 15.0. The van der Waals surface area contributed by atoms with Gasteiger partial charge < -0.3 is 10.6 Å². The van der Waals surface area contributed by atoms with Crippen LogP contribution in [0.25, 0.3) is 0 Å². The van der Waals surface area contributed by atoms with Gasteiger partial charge in [0.25, 0.3) is 0 Å². The molecule has 0 amide bonds. The van der Waals surface area contributed by atoms with Crippen molar-refractivity contribution in [1.29, 1.82) is 0 Å². The molecule has 0 aromatic carbocycles. The molecular weight excluding hydrogens is 184 g/mol. The van der Waals surface area contributed by atoms with Crippen molar-refractivity contribution in [3.8, 4) is 0 Å². The zero-order valence-corrected chi connectivity index (χ0v) is 10.1. The molecule has 2 N–H and O–H groups in total. The fraction of sp³-hybridized carbons (Fsp3) is 1.00. The number of hydrogen-bond acceptors (Lipinski definition) is 2. The number of piperidine rings is 1. The Balaban J connectivity index is 1.45. The van der Waals surface area contributed by atoms with Gasteiger partial charge in [0, 0.05) is 12.6 Å². The van der Waals surface area contributed by atoms with Gasteiger partial charge in [-0.3, -0.25) is 0 Å². The summed E-state index contributed by atoms with van der Waals surface area (Å²) in [5, 5.41) is 7.20. The lowest BCUT2D eigenvalue weighted by molar-refractivity contribution is 0.310.